The molecular weight excluding hydrogens is 286 g/mol. The second kappa shape index (κ2) is 5.53. The Hall–Kier alpha value is -2.80. The van der Waals surface area contributed by atoms with Gasteiger partial charge in [0.1, 0.15) is 11.5 Å². The van der Waals surface area contributed by atoms with Crippen molar-refractivity contribution in [2.24, 2.45) is 0 Å². The number of urea groups is 1. The lowest BCUT2D eigenvalue weighted by Crippen LogP contribution is -2.37. The summed E-state index contributed by atoms with van der Waals surface area (Å²) in [7, 11) is 3.14. The normalized spacial score (nSPS) is 16.3. The molecule has 0 spiro atoms. The van der Waals surface area contributed by atoms with Crippen LogP contribution in [0.3, 0.4) is 0 Å². The monoisotopic (exact) mass is 301 g/mol. The predicted molar refractivity (Wildman–Crippen MR) is 79.9 cm³/mol. The zero-order chi connectivity index (χ0) is 15.7. The van der Waals surface area contributed by atoms with Crippen molar-refractivity contribution in [3.63, 3.8) is 0 Å². The standard InChI is InChI=1S/C15H15N3O4/c1-21-9-3-8(4-10(5-9)22-2)12-6-11-13(7-16-12)17-15(20)18-14(11)19/h3-7,14,19H,1-2H3,(H2,17,18,20). The van der Waals surface area contributed by atoms with Crippen molar-refractivity contribution in [3.05, 3.63) is 36.0 Å². The van der Waals surface area contributed by atoms with Crippen LogP contribution in [-0.2, 0) is 0 Å². The van der Waals surface area contributed by atoms with E-state index < -0.39 is 12.3 Å². The van der Waals surface area contributed by atoms with E-state index in [1.807, 2.05) is 12.1 Å². The maximum absolute atomic E-state index is 11.3. The third-order valence-corrected chi connectivity index (χ3v) is 3.39. The smallest absolute Gasteiger partial charge is 0.321 e. The summed E-state index contributed by atoms with van der Waals surface area (Å²) in [6.07, 6.45) is 0.441. The van der Waals surface area contributed by atoms with Crippen molar-refractivity contribution in [1.82, 2.24) is 10.3 Å². The summed E-state index contributed by atoms with van der Waals surface area (Å²) in [5.41, 5.74) is 2.44. The maximum atomic E-state index is 11.3. The van der Waals surface area contributed by atoms with Crippen molar-refractivity contribution in [2.75, 3.05) is 19.5 Å². The number of hydrogen-bond donors (Lipinski definition) is 3. The zero-order valence-corrected chi connectivity index (χ0v) is 12.1. The molecule has 2 aromatic rings. The fourth-order valence-corrected chi connectivity index (χ4v) is 2.28. The number of aliphatic hydroxyl groups excluding tert-OH is 1. The van der Waals surface area contributed by atoms with Crippen LogP contribution in [-0.4, -0.2) is 30.3 Å². The minimum Gasteiger partial charge on any atom is -0.497 e. The molecule has 0 fully saturated rings. The molecule has 0 bridgehead atoms. The van der Waals surface area contributed by atoms with Crippen LogP contribution in [0.25, 0.3) is 11.3 Å². The van der Waals surface area contributed by atoms with Gasteiger partial charge < -0.3 is 25.2 Å². The number of nitrogens with one attached hydrogen (secondary N) is 2. The van der Waals surface area contributed by atoms with Crippen LogP contribution in [0.5, 0.6) is 11.5 Å². The molecule has 0 radical (unpaired) electrons. The summed E-state index contributed by atoms with van der Waals surface area (Å²) in [5.74, 6) is 1.28. The number of amides is 2. The topological polar surface area (TPSA) is 92.7 Å². The van der Waals surface area contributed by atoms with Gasteiger partial charge in [-0.25, -0.2) is 4.79 Å². The van der Waals surface area contributed by atoms with E-state index >= 15 is 0 Å². The number of carbonyl (C=O) groups excluding carboxylic acids is 1. The first-order valence-corrected chi connectivity index (χ1v) is 6.59. The molecule has 1 aliphatic rings. The summed E-state index contributed by atoms with van der Waals surface area (Å²) < 4.78 is 10.5. The molecule has 0 aliphatic carbocycles. The molecule has 3 N–H and O–H groups in total. The van der Waals surface area contributed by atoms with E-state index in [2.05, 4.69) is 15.6 Å². The number of rotatable bonds is 3. The Labute approximate surface area is 126 Å². The number of anilines is 1. The molecule has 3 rings (SSSR count). The van der Waals surface area contributed by atoms with Gasteiger partial charge >= 0.3 is 6.03 Å². The van der Waals surface area contributed by atoms with Gasteiger partial charge in [0.05, 0.1) is 31.8 Å². The minimum absolute atomic E-state index is 0.461. The van der Waals surface area contributed by atoms with E-state index in [1.54, 1.807) is 26.4 Å². The molecule has 0 saturated carbocycles. The number of aliphatic hydroxyl groups is 1. The Morgan fingerprint density at radius 1 is 1.14 bits per heavy atom. The van der Waals surface area contributed by atoms with Crippen LogP contribution in [0, 0.1) is 0 Å². The van der Waals surface area contributed by atoms with Crippen LogP contribution in [0.15, 0.2) is 30.5 Å². The van der Waals surface area contributed by atoms with Gasteiger partial charge in [0.2, 0.25) is 0 Å². The second-order valence-electron chi connectivity index (χ2n) is 4.76. The number of hydrogen-bond acceptors (Lipinski definition) is 5. The first-order chi connectivity index (χ1) is 10.6. The van der Waals surface area contributed by atoms with Crippen molar-refractivity contribution in [3.8, 4) is 22.8 Å². The molecule has 1 atom stereocenters. The first kappa shape index (κ1) is 14.2. The van der Waals surface area contributed by atoms with E-state index in [-0.39, 0.29) is 0 Å². The summed E-state index contributed by atoms with van der Waals surface area (Å²) in [4.78, 5) is 15.6. The van der Waals surface area contributed by atoms with Gasteiger partial charge in [-0.15, -0.1) is 0 Å². The summed E-state index contributed by atoms with van der Waals surface area (Å²) in [6, 6.07) is 6.65. The number of aromatic nitrogens is 1. The second-order valence-corrected chi connectivity index (χ2v) is 4.76. The Balaban J connectivity index is 2.06. The Kier molecular flexibility index (Phi) is 3.56. The minimum atomic E-state index is -1.07. The fraction of sp³-hybridized carbons (Fsp3) is 0.200. The van der Waals surface area contributed by atoms with Gasteiger partial charge in [0, 0.05) is 17.2 Å². The van der Waals surface area contributed by atoms with Crippen LogP contribution < -0.4 is 20.1 Å². The molecule has 7 heteroatoms. The molecule has 1 aliphatic heterocycles. The largest absolute Gasteiger partial charge is 0.497 e. The zero-order valence-electron chi connectivity index (χ0n) is 12.1. The third-order valence-electron chi connectivity index (χ3n) is 3.39. The summed E-state index contributed by atoms with van der Waals surface area (Å²) in [6.45, 7) is 0. The molecule has 7 nitrogen and oxygen atoms in total. The lowest BCUT2D eigenvalue weighted by atomic mass is 10.1. The number of fused-ring (bicyclic) bond motifs is 1. The van der Waals surface area contributed by atoms with E-state index in [0.717, 1.165) is 5.56 Å². The maximum Gasteiger partial charge on any atom is 0.321 e. The van der Waals surface area contributed by atoms with Crippen LogP contribution in [0.2, 0.25) is 0 Å². The highest BCUT2D eigenvalue weighted by molar-refractivity contribution is 5.92. The van der Waals surface area contributed by atoms with Crippen LogP contribution >= 0.6 is 0 Å². The Morgan fingerprint density at radius 3 is 2.45 bits per heavy atom. The SMILES string of the molecule is COc1cc(OC)cc(-c2cc3c(cn2)NC(=O)NC3O)c1. The van der Waals surface area contributed by atoms with Gasteiger partial charge in [-0.1, -0.05) is 0 Å². The van der Waals surface area contributed by atoms with E-state index in [1.165, 1.54) is 6.20 Å². The van der Waals surface area contributed by atoms with E-state index in [9.17, 15) is 9.90 Å². The molecular formula is C15H15N3O4. The fourth-order valence-electron chi connectivity index (χ4n) is 2.28. The highest BCUT2D eigenvalue weighted by Gasteiger charge is 2.23. The quantitative estimate of drug-likeness (QED) is 0.805. The van der Waals surface area contributed by atoms with Crippen molar-refractivity contribution >= 4 is 11.7 Å². The number of carbonyl (C=O) groups is 1. The predicted octanol–water partition coefficient (Wildman–Crippen LogP) is 1.89. The third kappa shape index (κ3) is 2.53. The highest BCUT2D eigenvalue weighted by atomic mass is 16.5. The van der Waals surface area contributed by atoms with Crippen molar-refractivity contribution in [2.45, 2.75) is 6.23 Å². The van der Waals surface area contributed by atoms with Gasteiger partial charge in [-0.3, -0.25) is 4.98 Å². The highest BCUT2D eigenvalue weighted by Crippen LogP contribution is 2.32. The Morgan fingerprint density at radius 2 is 1.82 bits per heavy atom. The van der Waals surface area contributed by atoms with Crippen LogP contribution in [0.1, 0.15) is 11.8 Å². The average molecular weight is 301 g/mol. The molecule has 0 saturated heterocycles. The molecule has 22 heavy (non-hydrogen) atoms. The van der Waals surface area contributed by atoms with E-state index in [0.29, 0.717) is 28.4 Å². The molecule has 2 amide bonds. The van der Waals surface area contributed by atoms with Crippen LogP contribution in [0.4, 0.5) is 10.5 Å². The Bertz CT molecular complexity index is 710. The van der Waals surface area contributed by atoms with Gasteiger partial charge in [0.25, 0.3) is 0 Å². The molecule has 1 aromatic carbocycles. The first-order valence-electron chi connectivity index (χ1n) is 6.59. The number of methoxy groups -OCH3 is 2. The summed E-state index contributed by atoms with van der Waals surface area (Å²) >= 11 is 0. The van der Waals surface area contributed by atoms with Crippen molar-refractivity contribution in [1.29, 1.82) is 0 Å². The number of benzene rings is 1. The number of ether oxygens (including phenoxy) is 2. The average Bonchev–Trinajstić information content (AvgIpc) is 2.53. The van der Waals surface area contributed by atoms with Gasteiger partial charge in [-0.05, 0) is 18.2 Å². The number of nitrogens with zero attached hydrogens (tertiary/aromatic N) is 1. The van der Waals surface area contributed by atoms with E-state index in [4.69, 9.17) is 9.47 Å². The lowest BCUT2D eigenvalue weighted by molar-refractivity contribution is 0.144. The van der Waals surface area contributed by atoms with Gasteiger partial charge in [-0.2, -0.15) is 0 Å². The van der Waals surface area contributed by atoms with Gasteiger partial charge in [0.15, 0.2) is 6.23 Å². The molecule has 114 valence electrons. The lowest BCUT2D eigenvalue weighted by Gasteiger charge is -2.23. The number of pyridine rings is 1. The molecule has 1 aromatic heterocycles. The summed E-state index contributed by atoms with van der Waals surface area (Å²) in [5, 5.41) is 14.9. The molecule has 1 unspecified atom stereocenters. The molecule has 2 heterocycles. The van der Waals surface area contributed by atoms with Crippen molar-refractivity contribution < 1.29 is 19.4 Å².